The summed E-state index contributed by atoms with van der Waals surface area (Å²) in [6.07, 6.45) is 7.16. The molecule has 0 aromatic heterocycles. The minimum absolute atomic E-state index is 0.152. The zero-order valence-corrected chi connectivity index (χ0v) is 9.66. The summed E-state index contributed by atoms with van der Waals surface area (Å²) in [5.74, 6) is 0.532. The third-order valence-corrected chi connectivity index (χ3v) is 3.51. The highest BCUT2D eigenvalue weighted by molar-refractivity contribution is 5.16. The van der Waals surface area contributed by atoms with Gasteiger partial charge in [0, 0.05) is 6.04 Å². The Kier molecular flexibility index (Phi) is 3.94. The van der Waals surface area contributed by atoms with E-state index in [1.165, 1.54) is 31.2 Å². The van der Waals surface area contributed by atoms with Gasteiger partial charge in [0.15, 0.2) is 0 Å². The molecule has 0 aliphatic heterocycles. The largest absolute Gasteiger partial charge is 0.328 e. The van der Waals surface area contributed by atoms with E-state index in [9.17, 15) is 4.39 Å². The lowest BCUT2D eigenvalue weighted by atomic mass is 9.91. The Morgan fingerprint density at radius 1 is 1.12 bits per heavy atom. The van der Waals surface area contributed by atoms with Gasteiger partial charge in [-0.05, 0) is 42.9 Å². The maximum atomic E-state index is 12.8. The predicted molar refractivity (Wildman–Crippen MR) is 64.7 cm³/mol. The average molecular weight is 221 g/mol. The summed E-state index contributed by atoms with van der Waals surface area (Å²) < 4.78 is 12.8. The first-order chi connectivity index (χ1) is 7.74. The van der Waals surface area contributed by atoms with E-state index in [2.05, 4.69) is 0 Å². The van der Waals surface area contributed by atoms with E-state index < -0.39 is 0 Å². The van der Waals surface area contributed by atoms with Gasteiger partial charge in [-0.25, -0.2) is 4.39 Å². The van der Waals surface area contributed by atoms with Crippen LogP contribution in [0.4, 0.5) is 4.39 Å². The van der Waals surface area contributed by atoms with Crippen LogP contribution in [0, 0.1) is 11.7 Å². The van der Waals surface area contributed by atoms with Crippen LogP contribution in [0.2, 0.25) is 0 Å². The molecule has 1 fully saturated rings. The molecule has 1 aromatic carbocycles. The molecule has 0 amide bonds. The Morgan fingerprint density at radius 3 is 2.56 bits per heavy atom. The third-order valence-electron chi connectivity index (χ3n) is 3.51. The second-order valence-electron chi connectivity index (χ2n) is 4.98. The molecule has 1 aromatic rings. The molecule has 0 radical (unpaired) electrons. The Bertz CT molecular complexity index is 320. The SMILES string of the molecule is NC1CCCCC(Cc2ccc(F)cc2)C1. The Balaban J connectivity index is 1.95. The van der Waals surface area contributed by atoms with Crippen LogP contribution < -0.4 is 5.73 Å². The molecule has 0 saturated heterocycles. The van der Waals surface area contributed by atoms with Gasteiger partial charge >= 0.3 is 0 Å². The molecule has 0 spiro atoms. The molecule has 2 rings (SSSR count). The maximum Gasteiger partial charge on any atom is 0.123 e. The molecule has 0 bridgehead atoms. The molecule has 1 aliphatic rings. The Labute approximate surface area is 96.9 Å². The second kappa shape index (κ2) is 5.44. The van der Waals surface area contributed by atoms with E-state index in [-0.39, 0.29) is 5.82 Å². The maximum absolute atomic E-state index is 12.8. The van der Waals surface area contributed by atoms with Crippen molar-refractivity contribution in [3.8, 4) is 0 Å². The molecule has 1 nitrogen and oxygen atoms in total. The summed E-state index contributed by atoms with van der Waals surface area (Å²) in [4.78, 5) is 0. The minimum Gasteiger partial charge on any atom is -0.328 e. The van der Waals surface area contributed by atoms with Crippen molar-refractivity contribution in [2.75, 3.05) is 0 Å². The number of benzene rings is 1. The minimum atomic E-state index is -0.152. The van der Waals surface area contributed by atoms with Gasteiger partial charge in [0.25, 0.3) is 0 Å². The van der Waals surface area contributed by atoms with Crippen LogP contribution in [0.1, 0.15) is 37.7 Å². The topological polar surface area (TPSA) is 26.0 Å². The number of hydrogen-bond acceptors (Lipinski definition) is 1. The Hall–Kier alpha value is -0.890. The van der Waals surface area contributed by atoms with Gasteiger partial charge in [0.1, 0.15) is 5.82 Å². The highest BCUT2D eigenvalue weighted by Gasteiger charge is 2.17. The summed E-state index contributed by atoms with van der Waals surface area (Å²) in [5.41, 5.74) is 7.28. The predicted octanol–water partition coefficient (Wildman–Crippen LogP) is 3.28. The highest BCUT2D eigenvalue weighted by atomic mass is 19.1. The van der Waals surface area contributed by atoms with Crippen LogP contribution in [-0.4, -0.2) is 6.04 Å². The van der Waals surface area contributed by atoms with Crippen LogP contribution in [0.25, 0.3) is 0 Å². The van der Waals surface area contributed by atoms with Crippen LogP contribution in [0.5, 0.6) is 0 Å². The average Bonchev–Trinajstić information content (AvgIpc) is 2.46. The van der Waals surface area contributed by atoms with Crippen LogP contribution >= 0.6 is 0 Å². The molecular formula is C14H20FN. The molecule has 0 heterocycles. The number of rotatable bonds is 2. The van der Waals surface area contributed by atoms with Gasteiger partial charge in [0.2, 0.25) is 0 Å². The van der Waals surface area contributed by atoms with Gasteiger partial charge in [-0.1, -0.05) is 31.4 Å². The van der Waals surface area contributed by atoms with Crippen molar-refractivity contribution in [3.05, 3.63) is 35.6 Å². The van der Waals surface area contributed by atoms with E-state index in [1.807, 2.05) is 12.1 Å². The van der Waals surface area contributed by atoms with Gasteiger partial charge in [-0.2, -0.15) is 0 Å². The monoisotopic (exact) mass is 221 g/mol. The fourth-order valence-corrected chi connectivity index (χ4v) is 2.64. The molecule has 16 heavy (non-hydrogen) atoms. The summed E-state index contributed by atoms with van der Waals surface area (Å²) in [5, 5.41) is 0. The zero-order valence-electron chi connectivity index (χ0n) is 9.66. The smallest absolute Gasteiger partial charge is 0.123 e. The lowest BCUT2D eigenvalue weighted by Crippen LogP contribution is -2.22. The van der Waals surface area contributed by atoms with Crippen molar-refractivity contribution < 1.29 is 4.39 Å². The van der Waals surface area contributed by atoms with E-state index in [1.54, 1.807) is 12.1 Å². The molecule has 2 unspecified atom stereocenters. The molecule has 2 N–H and O–H groups in total. The fourth-order valence-electron chi connectivity index (χ4n) is 2.64. The van der Waals surface area contributed by atoms with Gasteiger partial charge < -0.3 is 5.73 Å². The van der Waals surface area contributed by atoms with Crippen LogP contribution in [-0.2, 0) is 6.42 Å². The quantitative estimate of drug-likeness (QED) is 0.762. The van der Waals surface area contributed by atoms with Crippen molar-refractivity contribution in [2.24, 2.45) is 11.7 Å². The summed E-state index contributed by atoms with van der Waals surface area (Å²) in [6.45, 7) is 0. The first-order valence-corrected chi connectivity index (χ1v) is 6.24. The Morgan fingerprint density at radius 2 is 1.81 bits per heavy atom. The van der Waals surface area contributed by atoms with E-state index in [0.717, 1.165) is 12.8 Å². The molecule has 88 valence electrons. The number of nitrogens with two attached hydrogens (primary N) is 1. The number of hydrogen-bond donors (Lipinski definition) is 1. The van der Waals surface area contributed by atoms with Crippen molar-refractivity contribution in [3.63, 3.8) is 0 Å². The van der Waals surface area contributed by atoms with Crippen molar-refractivity contribution in [2.45, 2.75) is 44.6 Å². The summed E-state index contributed by atoms with van der Waals surface area (Å²) >= 11 is 0. The van der Waals surface area contributed by atoms with E-state index >= 15 is 0 Å². The van der Waals surface area contributed by atoms with Gasteiger partial charge in [-0.15, -0.1) is 0 Å². The molecule has 2 atom stereocenters. The lowest BCUT2D eigenvalue weighted by Gasteiger charge is -2.16. The van der Waals surface area contributed by atoms with E-state index in [4.69, 9.17) is 5.73 Å². The van der Waals surface area contributed by atoms with E-state index in [0.29, 0.717) is 12.0 Å². The normalized spacial score (nSPS) is 26.4. The van der Waals surface area contributed by atoms with Crippen molar-refractivity contribution in [1.29, 1.82) is 0 Å². The zero-order chi connectivity index (χ0) is 11.4. The standard InChI is InChI=1S/C14H20FN/c15-13-7-5-11(6-8-13)9-12-3-1-2-4-14(16)10-12/h5-8,12,14H,1-4,9-10,16H2. The second-order valence-corrected chi connectivity index (χ2v) is 4.98. The first-order valence-electron chi connectivity index (χ1n) is 6.24. The van der Waals surface area contributed by atoms with Gasteiger partial charge in [0.05, 0.1) is 0 Å². The van der Waals surface area contributed by atoms with Crippen LogP contribution in [0.15, 0.2) is 24.3 Å². The highest BCUT2D eigenvalue weighted by Crippen LogP contribution is 2.25. The third kappa shape index (κ3) is 3.31. The first kappa shape index (κ1) is 11.6. The van der Waals surface area contributed by atoms with Crippen molar-refractivity contribution >= 4 is 0 Å². The van der Waals surface area contributed by atoms with Gasteiger partial charge in [-0.3, -0.25) is 0 Å². The van der Waals surface area contributed by atoms with Crippen molar-refractivity contribution in [1.82, 2.24) is 0 Å². The molecule has 2 heteroatoms. The lowest BCUT2D eigenvalue weighted by molar-refractivity contribution is 0.430. The molecular weight excluding hydrogens is 201 g/mol. The van der Waals surface area contributed by atoms with Crippen LogP contribution in [0.3, 0.4) is 0 Å². The summed E-state index contributed by atoms with van der Waals surface area (Å²) in [7, 11) is 0. The number of halogens is 1. The molecule has 1 saturated carbocycles. The molecule has 1 aliphatic carbocycles. The summed E-state index contributed by atoms with van der Waals surface area (Å²) in [6, 6.07) is 7.25. The fraction of sp³-hybridized carbons (Fsp3) is 0.571.